The second kappa shape index (κ2) is 6.80. The maximum atomic E-state index is 12.0. The van der Waals surface area contributed by atoms with Crippen molar-refractivity contribution in [2.45, 2.75) is 6.10 Å². The number of aliphatic hydroxyl groups excluding tert-OH is 1. The number of hydrogen-bond donors (Lipinski definition) is 3. The first-order valence-corrected chi connectivity index (χ1v) is 7.00. The van der Waals surface area contributed by atoms with Crippen LogP contribution in [0.25, 0.3) is 0 Å². The normalized spacial score (nSPS) is 12.0. The molecule has 1 atom stereocenters. The quantitative estimate of drug-likeness (QED) is 0.756. The molecule has 4 nitrogen and oxygen atoms in total. The molecule has 2 rings (SSSR count). The fourth-order valence-corrected chi connectivity index (χ4v) is 2.19. The Morgan fingerprint density at radius 1 is 1.19 bits per heavy atom. The second-order valence-corrected chi connectivity index (χ2v) is 5.28. The minimum atomic E-state index is -0.826. The van der Waals surface area contributed by atoms with Crippen LogP contribution in [0.15, 0.2) is 42.5 Å². The molecule has 0 aliphatic carbocycles. The second-order valence-electron chi connectivity index (χ2n) is 4.49. The van der Waals surface area contributed by atoms with E-state index in [4.69, 9.17) is 28.9 Å². The van der Waals surface area contributed by atoms with E-state index < -0.39 is 12.0 Å². The molecule has 1 unspecified atom stereocenters. The standard InChI is InChI=1S/C15H14Cl2N2O2/c16-12-3-1-2-11(14(12)17)15(21)19-8-13(20)9-4-6-10(18)7-5-9/h1-7,13,20H,8,18H2,(H,19,21). The average Bonchev–Trinajstić information content (AvgIpc) is 2.48. The Morgan fingerprint density at radius 3 is 2.52 bits per heavy atom. The first-order chi connectivity index (χ1) is 9.99. The number of halogens is 2. The predicted octanol–water partition coefficient (Wildman–Crippen LogP) is 3.04. The number of carbonyl (C=O) groups is 1. The van der Waals surface area contributed by atoms with Crippen LogP contribution in [0.4, 0.5) is 5.69 Å². The van der Waals surface area contributed by atoms with Gasteiger partial charge in [-0.05, 0) is 29.8 Å². The summed E-state index contributed by atoms with van der Waals surface area (Å²) in [4.78, 5) is 12.0. The first kappa shape index (κ1) is 15.6. The Labute approximate surface area is 132 Å². The highest BCUT2D eigenvalue weighted by Gasteiger charge is 2.14. The number of rotatable bonds is 4. The van der Waals surface area contributed by atoms with Crippen LogP contribution >= 0.6 is 23.2 Å². The van der Waals surface area contributed by atoms with Gasteiger partial charge in [0, 0.05) is 12.2 Å². The van der Waals surface area contributed by atoms with Crippen molar-refractivity contribution in [2.24, 2.45) is 0 Å². The number of hydrogen-bond acceptors (Lipinski definition) is 3. The highest BCUT2D eigenvalue weighted by atomic mass is 35.5. The largest absolute Gasteiger partial charge is 0.399 e. The average molecular weight is 325 g/mol. The summed E-state index contributed by atoms with van der Waals surface area (Å²) in [5, 5.41) is 13.1. The number of nitrogens with two attached hydrogens (primary N) is 1. The Bertz CT molecular complexity index is 645. The topological polar surface area (TPSA) is 75.3 Å². The van der Waals surface area contributed by atoms with E-state index in [9.17, 15) is 9.90 Å². The number of nitrogens with one attached hydrogen (secondary N) is 1. The Balaban J connectivity index is 2.00. The molecule has 0 saturated heterocycles. The van der Waals surface area contributed by atoms with Crippen molar-refractivity contribution in [3.05, 3.63) is 63.6 Å². The molecule has 0 fully saturated rings. The minimum Gasteiger partial charge on any atom is -0.399 e. The number of amides is 1. The number of carbonyl (C=O) groups excluding carboxylic acids is 1. The summed E-state index contributed by atoms with van der Waals surface area (Å²) in [5.41, 5.74) is 7.13. The van der Waals surface area contributed by atoms with Gasteiger partial charge in [-0.3, -0.25) is 4.79 Å². The molecular formula is C15H14Cl2N2O2. The van der Waals surface area contributed by atoms with Crippen molar-refractivity contribution in [3.63, 3.8) is 0 Å². The van der Waals surface area contributed by atoms with Crippen molar-refractivity contribution in [2.75, 3.05) is 12.3 Å². The molecule has 1 amide bonds. The summed E-state index contributed by atoms with van der Waals surface area (Å²) in [7, 11) is 0. The van der Waals surface area contributed by atoms with Crippen molar-refractivity contribution in [1.29, 1.82) is 0 Å². The lowest BCUT2D eigenvalue weighted by molar-refractivity contribution is 0.0916. The van der Waals surface area contributed by atoms with Crippen LogP contribution in [-0.4, -0.2) is 17.6 Å². The van der Waals surface area contributed by atoms with Crippen LogP contribution in [0.5, 0.6) is 0 Å². The van der Waals surface area contributed by atoms with Gasteiger partial charge >= 0.3 is 0 Å². The summed E-state index contributed by atoms with van der Waals surface area (Å²) in [6.07, 6.45) is -0.826. The van der Waals surface area contributed by atoms with Crippen molar-refractivity contribution in [1.82, 2.24) is 5.32 Å². The maximum Gasteiger partial charge on any atom is 0.252 e. The van der Waals surface area contributed by atoms with E-state index >= 15 is 0 Å². The van der Waals surface area contributed by atoms with Gasteiger partial charge in [0.15, 0.2) is 0 Å². The SMILES string of the molecule is Nc1ccc(C(O)CNC(=O)c2cccc(Cl)c2Cl)cc1. The molecule has 2 aromatic rings. The van der Waals surface area contributed by atoms with Crippen LogP contribution < -0.4 is 11.1 Å². The Hall–Kier alpha value is -1.75. The van der Waals surface area contributed by atoms with Gasteiger partial charge in [-0.15, -0.1) is 0 Å². The van der Waals surface area contributed by atoms with E-state index in [0.29, 0.717) is 16.3 Å². The van der Waals surface area contributed by atoms with Crippen LogP contribution in [0.2, 0.25) is 10.0 Å². The molecule has 0 spiro atoms. The van der Waals surface area contributed by atoms with Gasteiger partial charge in [0.2, 0.25) is 0 Å². The lowest BCUT2D eigenvalue weighted by atomic mass is 10.1. The van der Waals surface area contributed by atoms with E-state index in [1.165, 1.54) is 0 Å². The molecule has 110 valence electrons. The highest BCUT2D eigenvalue weighted by Crippen LogP contribution is 2.25. The molecule has 0 aliphatic rings. The summed E-state index contributed by atoms with van der Waals surface area (Å²) in [5.74, 6) is -0.392. The van der Waals surface area contributed by atoms with Crippen molar-refractivity contribution in [3.8, 4) is 0 Å². The van der Waals surface area contributed by atoms with E-state index in [1.54, 1.807) is 42.5 Å². The zero-order chi connectivity index (χ0) is 15.4. The summed E-state index contributed by atoms with van der Waals surface area (Å²) < 4.78 is 0. The number of benzene rings is 2. The lowest BCUT2D eigenvalue weighted by Gasteiger charge is -2.13. The molecule has 21 heavy (non-hydrogen) atoms. The molecular weight excluding hydrogens is 311 g/mol. The van der Waals surface area contributed by atoms with Crippen molar-refractivity contribution >= 4 is 34.8 Å². The fraction of sp³-hybridized carbons (Fsp3) is 0.133. The predicted molar refractivity (Wildman–Crippen MR) is 84.6 cm³/mol. The highest BCUT2D eigenvalue weighted by molar-refractivity contribution is 6.43. The Morgan fingerprint density at radius 2 is 1.86 bits per heavy atom. The Kier molecular flexibility index (Phi) is 5.07. The number of nitrogen functional groups attached to an aromatic ring is 1. The number of anilines is 1. The van der Waals surface area contributed by atoms with E-state index in [1.807, 2.05) is 0 Å². The molecule has 6 heteroatoms. The fourth-order valence-electron chi connectivity index (χ4n) is 1.80. The molecule has 0 aromatic heterocycles. The zero-order valence-corrected chi connectivity index (χ0v) is 12.5. The minimum absolute atomic E-state index is 0.0611. The molecule has 0 saturated carbocycles. The molecule has 4 N–H and O–H groups in total. The number of aliphatic hydroxyl groups is 1. The molecule has 0 aliphatic heterocycles. The van der Waals surface area contributed by atoms with Crippen LogP contribution in [-0.2, 0) is 0 Å². The van der Waals surface area contributed by atoms with Gasteiger partial charge in [-0.1, -0.05) is 41.4 Å². The molecule has 0 heterocycles. The summed E-state index contributed by atoms with van der Waals surface area (Å²) >= 11 is 11.8. The van der Waals surface area contributed by atoms with E-state index in [-0.39, 0.29) is 17.1 Å². The third-order valence-corrected chi connectivity index (χ3v) is 3.79. The summed E-state index contributed by atoms with van der Waals surface area (Å²) in [6, 6.07) is 11.6. The van der Waals surface area contributed by atoms with Gasteiger partial charge < -0.3 is 16.2 Å². The lowest BCUT2D eigenvalue weighted by Crippen LogP contribution is -2.28. The smallest absolute Gasteiger partial charge is 0.252 e. The van der Waals surface area contributed by atoms with E-state index in [2.05, 4.69) is 5.32 Å². The van der Waals surface area contributed by atoms with Gasteiger partial charge in [-0.2, -0.15) is 0 Å². The third kappa shape index (κ3) is 3.88. The van der Waals surface area contributed by atoms with Gasteiger partial charge in [0.05, 0.1) is 21.7 Å². The zero-order valence-electron chi connectivity index (χ0n) is 11.0. The van der Waals surface area contributed by atoms with Crippen LogP contribution in [0, 0.1) is 0 Å². The molecule has 0 bridgehead atoms. The third-order valence-electron chi connectivity index (χ3n) is 2.97. The molecule has 2 aromatic carbocycles. The van der Waals surface area contributed by atoms with Crippen LogP contribution in [0.1, 0.15) is 22.0 Å². The molecule has 0 radical (unpaired) electrons. The van der Waals surface area contributed by atoms with Crippen molar-refractivity contribution < 1.29 is 9.90 Å². The monoisotopic (exact) mass is 324 g/mol. The van der Waals surface area contributed by atoms with Gasteiger partial charge in [0.25, 0.3) is 5.91 Å². The van der Waals surface area contributed by atoms with Gasteiger partial charge in [-0.25, -0.2) is 0 Å². The van der Waals surface area contributed by atoms with E-state index in [0.717, 1.165) is 0 Å². The van der Waals surface area contributed by atoms with Crippen LogP contribution in [0.3, 0.4) is 0 Å². The summed E-state index contributed by atoms with van der Waals surface area (Å²) in [6.45, 7) is 0.0611. The first-order valence-electron chi connectivity index (χ1n) is 6.24. The maximum absolute atomic E-state index is 12.0. The van der Waals surface area contributed by atoms with Gasteiger partial charge in [0.1, 0.15) is 0 Å².